The molecule has 5 heteroatoms. The first-order valence-electron chi connectivity index (χ1n) is 6.77. The molecule has 1 aliphatic heterocycles. The average Bonchev–Trinajstić information content (AvgIpc) is 2.87. The third-order valence-electron chi connectivity index (χ3n) is 4.20. The average molecular weight is 254 g/mol. The Morgan fingerprint density at radius 3 is 2.61 bits per heavy atom. The lowest BCUT2D eigenvalue weighted by atomic mass is 9.94. The molecule has 2 aliphatic rings. The van der Waals surface area contributed by atoms with E-state index >= 15 is 0 Å². The van der Waals surface area contributed by atoms with Gasteiger partial charge >= 0.3 is 5.97 Å². The summed E-state index contributed by atoms with van der Waals surface area (Å²) in [7, 11) is 0. The molecule has 1 saturated carbocycles. The minimum absolute atomic E-state index is 0.104. The van der Waals surface area contributed by atoms with Gasteiger partial charge in [-0.05, 0) is 25.2 Å². The van der Waals surface area contributed by atoms with Crippen LogP contribution in [-0.4, -0.2) is 40.5 Å². The van der Waals surface area contributed by atoms with Crippen molar-refractivity contribution in [1.82, 2.24) is 4.90 Å². The molecule has 2 rings (SSSR count). The predicted molar refractivity (Wildman–Crippen MR) is 66.9 cm³/mol. The van der Waals surface area contributed by atoms with Gasteiger partial charge in [-0.1, -0.05) is 12.8 Å². The molecule has 1 unspecified atom stereocenters. The van der Waals surface area contributed by atoms with E-state index in [0.717, 1.165) is 32.1 Å². The number of likely N-dealkylation sites (tertiary alicyclic amines) is 1. The lowest BCUT2D eigenvalue weighted by Gasteiger charge is -2.26. The molecule has 0 bridgehead atoms. The first-order valence-corrected chi connectivity index (χ1v) is 6.77. The molecule has 1 heterocycles. The van der Waals surface area contributed by atoms with Gasteiger partial charge < -0.3 is 15.7 Å². The Hall–Kier alpha value is -1.10. The van der Waals surface area contributed by atoms with Gasteiger partial charge in [-0.2, -0.15) is 0 Å². The number of hydrogen-bond donors (Lipinski definition) is 2. The molecule has 1 atom stereocenters. The molecular weight excluding hydrogens is 232 g/mol. The monoisotopic (exact) mass is 254 g/mol. The number of carbonyl (C=O) groups excluding carboxylic acids is 1. The maximum atomic E-state index is 12.1. The van der Waals surface area contributed by atoms with Crippen molar-refractivity contribution in [1.29, 1.82) is 0 Å². The van der Waals surface area contributed by atoms with Crippen LogP contribution in [0.3, 0.4) is 0 Å². The Bertz CT molecular complexity index is 337. The van der Waals surface area contributed by atoms with E-state index < -0.39 is 5.97 Å². The maximum Gasteiger partial charge on any atom is 0.303 e. The van der Waals surface area contributed by atoms with E-state index in [2.05, 4.69) is 0 Å². The summed E-state index contributed by atoms with van der Waals surface area (Å²) in [6, 6.07) is 0. The predicted octanol–water partition coefficient (Wildman–Crippen LogP) is 0.971. The quantitative estimate of drug-likeness (QED) is 0.783. The summed E-state index contributed by atoms with van der Waals surface area (Å²) in [6.45, 7) is 1.27. The van der Waals surface area contributed by atoms with Gasteiger partial charge in [0, 0.05) is 31.5 Å². The molecule has 3 N–H and O–H groups in total. The van der Waals surface area contributed by atoms with Crippen molar-refractivity contribution >= 4 is 11.9 Å². The molecule has 1 aliphatic carbocycles. The van der Waals surface area contributed by atoms with Crippen molar-refractivity contribution in [2.45, 2.75) is 50.5 Å². The number of carboxylic acid groups (broad SMARTS) is 1. The van der Waals surface area contributed by atoms with Crippen LogP contribution in [0.15, 0.2) is 0 Å². The highest BCUT2D eigenvalue weighted by atomic mass is 16.4. The highest BCUT2D eigenvalue weighted by molar-refractivity contribution is 5.78. The number of carbonyl (C=O) groups is 2. The van der Waals surface area contributed by atoms with Crippen LogP contribution in [0, 0.1) is 5.92 Å². The van der Waals surface area contributed by atoms with Crippen molar-refractivity contribution in [2.75, 3.05) is 13.1 Å². The zero-order valence-electron chi connectivity index (χ0n) is 10.7. The standard InChI is InChI=1S/C13H22N2O3/c14-13(4-1-2-5-13)8-11(16)15-6-3-10(9-15)7-12(17)18/h10H,1-9,14H2,(H,17,18). The normalized spacial score (nSPS) is 26.5. The van der Waals surface area contributed by atoms with E-state index in [0.29, 0.717) is 19.5 Å². The number of aliphatic carboxylic acids is 1. The largest absolute Gasteiger partial charge is 0.481 e. The summed E-state index contributed by atoms with van der Waals surface area (Å²) >= 11 is 0. The van der Waals surface area contributed by atoms with E-state index in [1.54, 1.807) is 4.90 Å². The van der Waals surface area contributed by atoms with Gasteiger partial charge in [0.2, 0.25) is 5.91 Å². The number of amides is 1. The first-order chi connectivity index (χ1) is 8.48. The van der Waals surface area contributed by atoms with Crippen molar-refractivity contribution in [2.24, 2.45) is 11.7 Å². The van der Waals surface area contributed by atoms with E-state index in [-0.39, 0.29) is 23.8 Å². The number of rotatable bonds is 4. The number of carboxylic acids is 1. The van der Waals surface area contributed by atoms with Gasteiger partial charge in [0.05, 0.1) is 0 Å². The summed E-state index contributed by atoms with van der Waals surface area (Å²) in [6.07, 6.45) is 5.49. The Morgan fingerprint density at radius 1 is 1.33 bits per heavy atom. The van der Waals surface area contributed by atoms with Crippen LogP contribution >= 0.6 is 0 Å². The van der Waals surface area contributed by atoms with Gasteiger partial charge in [-0.25, -0.2) is 0 Å². The summed E-state index contributed by atoms with van der Waals surface area (Å²) in [4.78, 5) is 24.6. The molecule has 0 aromatic carbocycles. The van der Waals surface area contributed by atoms with Crippen LogP contribution in [0.1, 0.15) is 44.9 Å². The Labute approximate surface area is 107 Å². The second-order valence-electron chi connectivity index (χ2n) is 5.84. The molecule has 0 aromatic rings. The van der Waals surface area contributed by atoms with E-state index in [9.17, 15) is 9.59 Å². The lowest BCUT2D eigenvalue weighted by molar-refractivity contribution is -0.138. The Morgan fingerprint density at radius 2 is 2.00 bits per heavy atom. The Kier molecular flexibility index (Phi) is 3.90. The molecule has 18 heavy (non-hydrogen) atoms. The zero-order valence-corrected chi connectivity index (χ0v) is 10.7. The van der Waals surface area contributed by atoms with Crippen molar-refractivity contribution < 1.29 is 14.7 Å². The van der Waals surface area contributed by atoms with E-state index in [1.165, 1.54) is 0 Å². The highest BCUT2D eigenvalue weighted by Crippen LogP contribution is 2.31. The second-order valence-corrected chi connectivity index (χ2v) is 5.84. The molecule has 5 nitrogen and oxygen atoms in total. The van der Waals surface area contributed by atoms with Gasteiger partial charge in [-0.3, -0.25) is 9.59 Å². The van der Waals surface area contributed by atoms with Crippen LogP contribution in [0.5, 0.6) is 0 Å². The second kappa shape index (κ2) is 5.26. The fourth-order valence-corrected chi connectivity index (χ4v) is 3.14. The molecule has 1 saturated heterocycles. The summed E-state index contributed by atoms with van der Waals surface area (Å²) in [5.74, 6) is -0.559. The van der Waals surface area contributed by atoms with E-state index in [1.807, 2.05) is 0 Å². The SMILES string of the molecule is NC1(CC(=O)N2CCC(CC(=O)O)C2)CCCC1. The number of nitrogens with zero attached hydrogens (tertiary/aromatic N) is 1. The van der Waals surface area contributed by atoms with Crippen LogP contribution in [0.25, 0.3) is 0 Å². The highest BCUT2D eigenvalue weighted by Gasteiger charge is 2.35. The van der Waals surface area contributed by atoms with Crippen LogP contribution in [-0.2, 0) is 9.59 Å². The number of hydrogen-bond acceptors (Lipinski definition) is 3. The minimum atomic E-state index is -0.777. The molecular formula is C13H22N2O3. The zero-order chi connectivity index (χ0) is 13.2. The van der Waals surface area contributed by atoms with E-state index in [4.69, 9.17) is 10.8 Å². The van der Waals surface area contributed by atoms with Gasteiger partial charge in [0.1, 0.15) is 0 Å². The summed E-state index contributed by atoms with van der Waals surface area (Å²) < 4.78 is 0. The van der Waals surface area contributed by atoms with Crippen molar-refractivity contribution in [3.05, 3.63) is 0 Å². The van der Waals surface area contributed by atoms with Crippen LogP contribution in [0.4, 0.5) is 0 Å². The molecule has 102 valence electrons. The van der Waals surface area contributed by atoms with Crippen LogP contribution in [0.2, 0.25) is 0 Å². The molecule has 2 fully saturated rings. The third-order valence-corrected chi connectivity index (χ3v) is 4.20. The van der Waals surface area contributed by atoms with Gasteiger partial charge in [0.25, 0.3) is 0 Å². The van der Waals surface area contributed by atoms with Crippen molar-refractivity contribution in [3.8, 4) is 0 Å². The minimum Gasteiger partial charge on any atom is -0.481 e. The third kappa shape index (κ3) is 3.22. The summed E-state index contributed by atoms with van der Waals surface area (Å²) in [5, 5.41) is 8.75. The lowest BCUT2D eigenvalue weighted by Crippen LogP contribution is -2.43. The fourth-order valence-electron chi connectivity index (χ4n) is 3.14. The topological polar surface area (TPSA) is 83.6 Å². The summed E-state index contributed by atoms with van der Waals surface area (Å²) in [5.41, 5.74) is 5.90. The molecule has 0 spiro atoms. The maximum absolute atomic E-state index is 12.1. The smallest absolute Gasteiger partial charge is 0.303 e. The van der Waals surface area contributed by atoms with Crippen LogP contribution < -0.4 is 5.73 Å². The molecule has 0 radical (unpaired) electrons. The van der Waals surface area contributed by atoms with Gasteiger partial charge in [-0.15, -0.1) is 0 Å². The molecule has 1 amide bonds. The first kappa shape index (κ1) is 13.3. The fraction of sp³-hybridized carbons (Fsp3) is 0.846. The number of nitrogens with two attached hydrogens (primary N) is 1. The Balaban J connectivity index is 1.82. The van der Waals surface area contributed by atoms with Gasteiger partial charge in [0.15, 0.2) is 0 Å². The molecule has 0 aromatic heterocycles. The van der Waals surface area contributed by atoms with Crippen molar-refractivity contribution in [3.63, 3.8) is 0 Å².